The van der Waals surface area contributed by atoms with Gasteiger partial charge in [-0.15, -0.1) is 11.3 Å². The Morgan fingerprint density at radius 2 is 1.72 bits per heavy atom. The van der Waals surface area contributed by atoms with Crippen molar-refractivity contribution in [2.75, 3.05) is 13.1 Å². The van der Waals surface area contributed by atoms with Gasteiger partial charge in [0.2, 0.25) is 20.0 Å². The third-order valence-corrected chi connectivity index (χ3v) is 11.4. The summed E-state index contributed by atoms with van der Waals surface area (Å²) >= 11 is 1.59. The third kappa shape index (κ3) is 7.46. The molecule has 4 aromatic rings. The molecule has 5 rings (SSSR count). The number of carbonyl (C=O) groups is 1. The van der Waals surface area contributed by atoms with Crippen molar-refractivity contribution in [1.82, 2.24) is 14.0 Å². The normalized spacial score (nSPS) is 14.3. The van der Waals surface area contributed by atoms with E-state index >= 15 is 0 Å². The molecule has 1 aliphatic rings. The molecule has 1 saturated carbocycles. The van der Waals surface area contributed by atoms with Gasteiger partial charge in [-0.2, -0.15) is 4.31 Å². The van der Waals surface area contributed by atoms with E-state index in [9.17, 15) is 26.7 Å². The number of rotatable bonds is 13. The number of aromatic carboxylic acids is 1. The lowest BCUT2D eigenvalue weighted by Gasteiger charge is -2.23. The van der Waals surface area contributed by atoms with Crippen LogP contribution in [0.1, 0.15) is 57.4 Å². The van der Waals surface area contributed by atoms with Gasteiger partial charge < -0.3 is 5.11 Å². The summed E-state index contributed by atoms with van der Waals surface area (Å²) in [6, 6.07) is 20.5. The average molecular weight is 638 g/mol. The van der Waals surface area contributed by atoms with Gasteiger partial charge in [0.1, 0.15) is 5.01 Å². The molecule has 43 heavy (non-hydrogen) atoms. The Labute approximate surface area is 255 Å². The van der Waals surface area contributed by atoms with E-state index in [0.29, 0.717) is 11.5 Å². The van der Waals surface area contributed by atoms with Gasteiger partial charge in [-0.1, -0.05) is 67.1 Å². The van der Waals surface area contributed by atoms with Crippen molar-refractivity contribution in [2.45, 2.75) is 41.5 Å². The fourth-order valence-electron chi connectivity index (χ4n) is 4.71. The Hall–Kier alpha value is -3.68. The molecule has 9 nitrogen and oxygen atoms in total. The SMILES string of the molecule is O=C(O)c1ccccc1S(=O)(=O)N(CCNS(=O)(=O)c1ccccc1)Cc1cccc(/C=C/c2nc(C3CCC3)cs2)c1. The molecule has 1 fully saturated rings. The molecule has 1 aliphatic carbocycles. The highest BCUT2D eigenvalue weighted by Crippen LogP contribution is 2.36. The fraction of sp³-hybridized carbons (Fsp3) is 0.226. The van der Waals surface area contributed by atoms with Gasteiger partial charge in [-0.05, 0) is 54.3 Å². The second kappa shape index (κ2) is 13.3. The lowest BCUT2D eigenvalue weighted by Crippen LogP contribution is -2.38. The molecule has 2 N–H and O–H groups in total. The molecular formula is C31H31N3O6S3. The van der Waals surface area contributed by atoms with Gasteiger partial charge in [-0.3, -0.25) is 0 Å². The first kappa shape index (κ1) is 30.8. The molecule has 0 unspecified atom stereocenters. The molecular weight excluding hydrogens is 607 g/mol. The van der Waals surface area contributed by atoms with Crippen LogP contribution in [0.5, 0.6) is 0 Å². The van der Waals surface area contributed by atoms with Crippen LogP contribution < -0.4 is 4.72 Å². The van der Waals surface area contributed by atoms with E-state index in [2.05, 4.69) is 10.1 Å². The number of carboxylic acid groups (broad SMARTS) is 1. The van der Waals surface area contributed by atoms with Crippen LogP contribution in [0, 0.1) is 0 Å². The average Bonchev–Trinajstić information content (AvgIpc) is 3.43. The molecule has 1 heterocycles. The number of carboxylic acids is 1. The number of benzene rings is 3. The Morgan fingerprint density at radius 1 is 0.977 bits per heavy atom. The van der Waals surface area contributed by atoms with E-state index in [0.717, 1.165) is 20.6 Å². The highest BCUT2D eigenvalue weighted by Gasteiger charge is 2.29. The van der Waals surface area contributed by atoms with Gasteiger partial charge >= 0.3 is 5.97 Å². The number of hydrogen-bond donors (Lipinski definition) is 2. The first-order chi connectivity index (χ1) is 20.6. The van der Waals surface area contributed by atoms with Crippen molar-refractivity contribution in [3.05, 3.63) is 112 Å². The molecule has 3 aromatic carbocycles. The number of sulfonamides is 2. The Morgan fingerprint density at radius 3 is 2.44 bits per heavy atom. The Kier molecular flexibility index (Phi) is 9.52. The summed E-state index contributed by atoms with van der Waals surface area (Å²) in [5.41, 5.74) is 2.26. The van der Waals surface area contributed by atoms with Crippen molar-refractivity contribution in [3.8, 4) is 0 Å². The molecule has 0 spiro atoms. The molecule has 1 aromatic heterocycles. The second-order valence-corrected chi connectivity index (χ2v) is 14.7. The minimum absolute atomic E-state index is 0.0557. The summed E-state index contributed by atoms with van der Waals surface area (Å²) in [6.45, 7) is -0.557. The van der Waals surface area contributed by atoms with Crippen LogP contribution in [-0.2, 0) is 26.6 Å². The van der Waals surface area contributed by atoms with Gasteiger partial charge in [0.15, 0.2) is 0 Å². The van der Waals surface area contributed by atoms with E-state index in [1.807, 2.05) is 30.4 Å². The summed E-state index contributed by atoms with van der Waals surface area (Å²) in [5, 5.41) is 12.7. The smallest absolute Gasteiger partial charge is 0.337 e. The number of thiazole rings is 1. The van der Waals surface area contributed by atoms with Gasteiger partial charge in [0.05, 0.1) is 21.0 Å². The van der Waals surface area contributed by atoms with Crippen molar-refractivity contribution >= 4 is 49.5 Å². The maximum atomic E-state index is 13.8. The van der Waals surface area contributed by atoms with E-state index < -0.39 is 26.0 Å². The van der Waals surface area contributed by atoms with Crippen molar-refractivity contribution in [2.24, 2.45) is 0 Å². The molecule has 0 atom stereocenters. The molecule has 12 heteroatoms. The van der Waals surface area contributed by atoms with Crippen LogP contribution in [0.15, 0.2) is 94.0 Å². The standard InChI is InChI=1S/C31H31N3O6S3/c35-31(36)27-14-4-5-15-29(27)43(39,40)34(19-18-32-42(37,38)26-12-2-1-3-13-26)21-24-9-6-8-23(20-24)16-17-30-33-28(22-41-30)25-10-7-11-25/h1-6,8-9,12-17,20,22,25,32H,7,10-11,18-19,21H2,(H,35,36)/b17-16+. The fourth-order valence-corrected chi connectivity index (χ4v) is 8.16. The lowest BCUT2D eigenvalue weighted by atomic mass is 9.83. The van der Waals surface area contributed by atoms with Crippen LogP contribution in [0.25, 0.3) is 12.2 Å². The highest BCUT2D eigenvalue weighted by atomic mass is 32.2. The quantitative estimate of drug-likeness (QED) is 0.199. The first-order valence-electron chi connectivity index (χ1n) is 13.7. The summed E-state index contributed by atoms with van der Waals surface area (Å²) < 4.78 is 56.7. The summed E-state index contributed by atoms with van der Waals surface area (Å²) in [6.07, 6.45) is 7.45. The van der Waals surface area contributed by atoms with Crippen LogP contribution in [0.2, 0.25) is 0 Å². The maximum absolute atomic E-state index is 13.8. The minimum atomic E-state index is -4.34. The largest absolute Gasteiger partial charge is 0.478 e. The molecule has 0 aliphatic heterocycles. The van der Waals surface area contributed by atoms with Crippen LogP contribution in [-0.4, -0.2) is 50.3 Å². The molecule has 0 saturated heterocycles. The number of hydrogen-bond acceptors (Lipinski definition) is 7. The lowest BCUT2D eigenvalue weighted by molar-refractivity contribution is 0.0692. The number of nitrogens with zero attached hydrogens (tertiary/aromatic N) is 2. The summed E-state index contributed by atoms with van der Waals surface area (Å²) in [5.74, 6) is -0.822. The summed E-state index contributed by atoms with van der Waals surface area (Å²) in [4.78, 5) is 16.3. The predicted octanol–water partition coefficient (Wildman–Crippen LogP) is 5.45. The van der Waals surface area contributed by atoms with Gasteiger partial charge in [-0.25, -0.2) is 31.3 Å². The molecule has 0 radical (unpaired) electrons. The Balaban J connectivity index is 1.38. The van der Waals surface area contributed by atoms with E-state index in [1.165, 1.54) is 55.7 Å². The first-order valence-corrected chi connectivity index (χ1v) is 17.5. The van der Waals surface area contributed by atoms with E-state index in [4.69, 9.17) is 4.98 Å². The monoisotopic (exact) mass is 637 g/mol. The predicted molar refractivity (Wildman–Crippen MR) is 167 cm³/mol. The second-order valence-electron chi connectivity index (χ2n) is 10.2. The summed E-state index contributed by atoms with van der Waals surface area (Å²) in [7, 11) is -8.22. The highest BCUT2D eigenvalue weighted by molar-refractivity contribution is 7.89. The zero-order valence-electron chi connectivity index (χ0n) is 23.2. The zero-order chi connectivity index (χ0) is 30.5. The van der Waals surface area contributed by atoms with Gasteiger partial charge in [0, 0.05) is 30.9 Å². The number of nitrogens with one attached hydrogen (secondary N) is 1. The zero-order valence-corrected chi connectivity index (χ0v) is 25.6. The van der Waals surface area contributed by atoms with Crippen LogP contribution in [0.3, 0.4) is 0 Å². The minimum Gasteiger partial charge on any atom is -0.478 e. The topological polar surface area (TPSA) is 134 Å². The Bertz CT molecular complexity index is 1830. The number of aromatic nitrogens is 1. The molecule has 224 valence electrons. The van der Waals surface area contributed by atoms with Crippen molar-refractivity contribution in [1.29, 1.82) is 0 Å². The van der Waals surface area contributed by atoms with E-state index in [-0.39, 0.29) is 35.0 Å². The van der Waals surface area contributed by atoms with Crippen LogP contribution >= 0.6 is 11.3 Å². The van der Waals surface area contributed by atoms with E-state index in [1.54, 1.807) is 35.6 Å². The van der Waals surface area contributed by atoms with Crippen molar-refractivity contribution in [3.63, 3.8) is 0 Å². The maximum Gasteiger partial charge on any atom is 0.337 e. The van der Waals surface area contributed by atoms with Crippen LogP contribution in [0.4, 0.5) is 0 Å². The third-order valence-electron chi connectivity index (χ3n) is 7.23. The molecule has 0 bridgehead atoms. The van der Waals surface area contributed by atoms with Crippen molar-refractivity contribution < 1.29 is 26.7 Å². The molecule has 0 amide bonds. The van der Waals surface area contributed by atoms with Gasteiger partial charge in [0.25, 0.3) is 0 Å².